The fourth-order valence-electron chi connectivity index (χ4n) is 2.75. The summed E-state index contributed by atoms with van der Waals surface area (Å²) in [6, 6.07) is 0. The van der Waals surface area contributed by atoms with Gasteiger partial charge in [0.2, 0.25) is 11.8 Å². The molecule has 1 aromatic rings. The van der Waals surface area contributed by atoms with Gasteiger partial charge < -0.3 is 15.0 Å². The zero-order valence-electron chi connectivity index (χ0n) is 14.0. The normalized spacial score (nSPS) is 21.1. The van der Waals surface area contributed by atoms with Crippen LogP contribution in [0.25, 0.3) is 0 Å². The Kier molecular flexibility index (Phi) is 5.65. The van der Waals surface area contributed by atoms with Crippen LogP contribution >= 0.6 is 0 Å². The first-order chi connectivity index (χ1) is 10.9. The number of amides is 2. The van der Waals surface area contributed by atoms with Crippen molar-refractivity contribution in [2.24, 2.45) is 5.41 Å². The Morgan fingerprint density at radius 1 is 1.39 bits per heavy atom. The van der Waals surface area contributed by atoms with E-state index in [1.165, 1.54) is 7.11 Å². The Hall–Kier alpha value is -2.02. The second-order valence-corrected chi connectivity index (χ2v) is 6.24. The van der Waals surface area contributed by atoms with Crippen LogP contribution < -0.4 is 5.32 Å². The molecule has 2 rings (SSSR count). The SMILES string of the molecule is COCC(=O)N1CCCC(C)(C(=O)NCc2cnc(C)cn2)C1. The molecule has 0 radical (unpaired) electrons. The van der Waals surface area contributed by atoms with Crippen LogP contribution in [0.4, 0.5) is 0 Å². The predicted molar refractivity (Wildman–Crippen MR) is 84.4 cm³/mol. The third-order valence-electron chi connectivity index (χ3n) is 4.13. The molecule has 1 aliphatic heterocycles. The molecule has 2 amide bonds. The van der Waals surface area contributed by atoms with Gasteiger partial charge in [-0.25, -0.2) is 0 Å². The van der Waals surface area contributed by atoms with Crippen LogP contribution in [0.3, 0.4) is 0 Å². The molecule has 2 heterocycles. The minimum absolute atomic E-state index is 0.0522. The molecule has 7 nitrogen and oxygen atoms in total. The number of nitrogens with zero attached hydrogens (tertiary/aromatic N) is 3. The monoisotopic (exact) mass is 320 g/mol. The quantitative estimate of drug-likeness (QED) is 0.862. The number of methoxy groups -OCH3 is 1. The number of nitrogens with one attached hydrogen (secondary N) is 1. The van der Waals surface area contributed by atoms with Crippen molar-refractivity contribution in [2.45, 2.75) is 33.2 Å². The summed E-state index contributed by atoms with van der Waals surface area (Å²) in [6.45, 7) is 5.25. The van der Waals surface area contributed by atoms with Gasteiger partial charge in [-0.3, -0.25) is 19.6 Å². The molecule has 1 unspecified atom stereocenters. The van der Waals surface area contributed by atoms with Gasteiger partial charge in [-0.1, -0.05) is 0 Å². The molecule has 1 saturated heterocycles. The van der Waals surface area contributed by atoms with Crippen LogP contribution in [0.2, 0.25) is 0 Å². The number of ether oxygens (including phenoxy) is 1. The first kappa shape index (κ1) is 17.3. The van der Waals surface area contributed by atoms with E-state index in [0.29, 0.717) is 19.6 Å². The van der Waals surface area contributed by atoms with Crippen molar-refractivity contribution in [3.8, 4) is 0 Å². The van der Waals surface area contributed by atoms with E-state index >= 15 is 0 Å². The number of likely N-dealkylation sites (tertiary alicyclic amines) is 1. The average Bonchev–Trinajstić information content (AvgIpc) is 2.54. The summed E-state index contributed by atoms with van der Waals surface area (Å²) >= 11 is 0. The first-order valence-corrected chi connectivity index (χ1v) is 7.77. The van der Waals surface area contributed by atoms with Crippen molar-refractivity contribution in [1.29, 1.82) is 0 Å². The lowest BCUT2D eigenvalue weighted by atomic mass is 9.81. The fraction of sp³-hybridized carbons (Fsp3) is 0.625. The number of aromatic nitrogens is 2. The van der Waals surface area contributed by atoms with Crippen LogP contribution in [0.5, 0.6) is 0 Å². The zero-order chi connectivity index (χ0) is 16.9. The Bertz CT molecular complexity index is 561. The van der Waals surface area contributed by atoms with Crippen LogP contribution in [0.15, 0.2) is 12.4 Å². The lowest BCUT2D eigenvalue weighted by Crippen LogP contribution is -2.52. The summed E-state index contributed by atoms with van der Waals surface area (Å²) in [5.41, 5.74) is 0.974. The summed E-state index contributed by atoms with van der Waals surface area (Å²) in [5.74, 6) is -0.134. The Labute approximate surface area is 136 Å². The molecule has 23 heavy (non-hydrogen) atoms. The summed E-state index contributed by atoms with van der Waals surface area (Å²) in [6.07, 6.45) is 4.90. The minimum Gasteiger partial charge on any atom is -0.375 e. The number of piperidine rings is 1. The van der Waals surface area contributed by atoms with Crippen LogP contribution in [0, 0.1) is 12.3 Å². The topological polar surface area (TPSA) is 84.4 Å². The predicted octanol–water partition coefficient (Wildman–Crippen LogP) is 0.676. The maximum absolute atomic E-state index is 12.6. The summed E-state index contributed by atoms with van der Waals surface area (Å²) in [5, 5.41) is 2.91. The zero-order valence-corrected chi connectivity index (χ0v) is 14.0. The van der Waals surface area contributed by atoms with Crippen molar-refractivity contribution in [3.05, 3.63) is 23.8 Å². The molecule has 7 heteroatoms. The second kappa shape index (κ2) is 7.50. The summed E-state index contributed by atoms with van der Waals surface area (Å²) in [7, 11) is 1.50. The molecule has 1 aliphatic rings. The fourth-order valence-corrected chi connectivity index (χ4v) is 2.75. The molecule has 0 aliphatic carbocycles. The number of carbonyl (C=O) groups is 2. The standard InChI is InChI=1S/C16H24N4O3/c1-12-7-18-13(8-17-12)9-19-15(22)16(2)5-4-6-20(11-16)14(21)10-23-3/h7-8H,4-6,9-11H2,1-3H3,(H,19,22). The van der Waals surface area contributed by atoms with Gasteiger partial charge in [-0.15, -0.1) is 0 Å². The van der Waals surface area contributed by atoms with E-state index in [9.17, 15) is 9.59 Å². The van der Waals surface area contributed by atoms with Gasteiger partial charge in [-0.2, -0.15) is 0 Å². The Morgan fingerprint density at radius 2 is 2.17 bits per heavy atom. The molecule has 1 aromatic heterocycles. The largest absolute Gasteiger partial charge is 0.375 e. The van der Waals surface area contributed by atoms with E-state index in [2.05, 4.69) is 15.3 Å². The molecule has 1 N–H and O–H groups in total. The highest BCUT2D eigenvalue weighted by Gasteiger charge is 2.39. The lowest BCUT2D eigenvalue weighted by Gasteiger charge is -2.39. The van der Waals surface area contributed by atoms with Gasteiger partial charge >= 0.3 is 0 Å². The maximum atomic E-state index is 12.6. The number of aryl methyl sites for hydroxylation is 1. The van der Waals surface area contributed by atoms with E-state index in [1.54, 1.807) is 17.3 Å². The molecule has 126 valence electrons. The van der Waals surface area contributed by atoms with E-state index in [0.717, 1.165) is 24.2 Å². The van der Waals surface area contributed by atoms with Crippen LogP contribution in [-0.4, -0.2) is 53.5 Å². The molecule has 0 spiro atoms. The molecule has 0 saturated carbocycles. The molecule has 1 atom stereocenters. The van der Waals surface area contributed by atoms with Crippen LogP contribution in [0.1, 0.15) is 31.2 Å². The van der Waals surface area contributed by atoms with E-state index in [-0.39, 0.29) is 18.4 Å². The van der Waals surface area contributed by atoms with Crippen molar-refractivity contribution in [1.82, 2.24) is 20.2 Å². The molecule has 0 aromatic carbocycles. The molecular weight excluding hydrogens is 296 g/mol. The minimum atomic E-state index is -0.584. The van der Waals surface area contributed by atoms with Crippen molar-refractivity contribution in [3.63, 3.8) is 0 Å². The average molecular weight is 320 g/mol. The van der Waals surface area contributed by atoms with E-state index in [4.69, 9.17) is 4.74 Å². The van der Waals surface area contributed by atoms with Gasteiger partial charge in [0.1, 0.15) is 6.61 Å². The smallest absolute Gasteiger partial charge is 0.248 e. The van der Waals surface area contributed by atoms with Gasteiger partial charge in [-0.05, 0) is 26.7 Å². The van der Waals surface area contributed by atoms with Crippen molar-refractivity contribution < 1.29 is 14.3 Å². The van der Waals surface area contributed by atoms with Gasteiger partial charge in [0.05, 0.1) is 29.5 Å². The number of hydrogen-bond acceptors (Lipinski definition) is 5. The highest BCUT2D eigenvalue weighted by Crippen LogP contribution is 2.29. The van der Waals surface area contributed by atoms with Crippen LogP contribution in [-0.2, 0) is 20.9 Å². The Balaban J connectivity index is 1.94. The number of hydrogen-bond donors (Lipinski definition) is 1. The lowest BCUT2D eigenvalue weighted by molar-refractivity contribution is -0.143. The van der Waals surface area contributed by atoms with Crippen molar-refractivity contribution >= 4 is 11.8 Å². The van der Waals surface area contributed by atoms with Gasteiger partial charge in [0.25, 0.3) is 0 Å². The molecule has 1 fully saturated rings. The molecule has 0 bridgehead atoms. The second-order valence-electron chi connectivity index (χ2n) is 6.24. The highest BCUT2D eigenvalue weighted by molar-refractivity contribution is 5.84. The maximum Gasteiger partial charge on any atom is 0.248 e. The number of carbonyl (C=O) groups excluding carboxylic acids is 2. The Morgan fingerprint density at radius 3 is 2.83 bits per heavy atom. The van der Waals surface area contributed by atoms with E-state index in [1.807, 2.05) is 13.8 Å². The summed E-state index contributed by atoms with van der Waals surface area (Å²) < 4.78 is 4.89. The van der Waals surface area contributed by atoms with Gasteiger partial charge in [0.15, 0.2) is 0 Å². The van der Waals surface area contributed by atoms with E-state index < -0.39 is 5.41 Å². The van der Waals surface area contributed by atoms with Crippen molar-refractivity contribution in [2.75, 3.05) is 26.8 Å². The third-order valence-corrected chi connectivity index (χ3v) is 4.13. The number of rotatable bonds is 5. The first-order valence-electron chi connectivity index (χ1n) is 7.77. The third kappa shape index (κ3) is 4.48. The molecular formula is C16H24N4O3. The van der Waals surface area contributed by atoms with Gasteiger partial charge in [0, 0.05) is 26.4 Å². The summed E-state index contributed by atoms with van der Waals surface area (Å²) in [4.78, 5) is 34.6. The highest BCUT2D eigenvalue weighted by atomic mass is 16.5.